The maximum absolute atomic E-state index is 13.4. The second-order valence-corrected chi connectivity index (χ2v) is 3.66. The van der Waals surface area contributed by atoms with Gasteiger partial charge >= 0.3 is 0 Å². The Kier molecular flexibility index (Phi) is 2.33. The Balaban J connectivity index is 2.31. The lowest BCUT2D eigenvalue weighted by molar-refractivity contribution is -0.132. The van der Waals surface area contributed by atoms with Crippen molar-refractivity contribution in [2.75, 3.05) is 0 Å². The molecule has 1 aromatic carbocycles. The van der Waals surface area contributed by atoms with Gasteiger partial charge in [-0.15, -0.1) is 9.60 Å². The fourth-order valence-corrected chi connectivity index (χ4v) is 1.83. The van der Waals surface area contributed by atoms with E-state index < -0.39 is 6.04 Å². The van der Waals surface area contributed by atoms with Crippen molar-refractivity contribution in [2.24, 2.45) is 0 Å². The van der Waals surface area contributed by atoms with E-state index in [1.807, 2.05) is 24.3 Å². The van der Waals surface area contributed by atoms with Crippen LogP contribution < -0.4 is 0 Å². The zero-order chi connectivity index (χ0) is 10.1. The van der Waals surface area contributed by atoms with E-state index in [0.29, 0.717) is 11.5 Å². The monoisotopic (exact) mass is 193 g/mol. The van der Waals surface area contributed by atoms with Crippen molar-refractivity contribution < 1.29 is 9.28 Å². The molecule has 0 saturated heterocycles. The second-order valence-electron chi connectivity index (χ2n) is 3.66. The van der Waals surface area contributed by atoms with Gasteiger partial charge in [0.15, 0.2) is 0 Å². The highest BCUT2D eigenvalue weighted by atomic mass is 19.2. The van der Waals surface area contributed by atoms with Gasteiger partial charge in [0, 0.05) is 0 Å². The topological polar surface area (TPSA) is 20.3 Å². The zero-order valence-corrected chi connectivity index (χ0v) is 8.03. The molecule has 1 heterocycles. The molecule has 0 spiro atoms. The standard InChI is InChI=1S/C11H12FNO/c1-8(14)11-6-9-4-2-3-5-10(9)7-13(11)12/h2-5,11H,6-7H2,1H3. The second kappa shape index (κ2) is 3.50. The molecule has 74 valence electrons. The molecule has 0 N–H and O–H groups in total. The van der Waals surface area contributed by atoms with Crippen molar-refractivity contribution >= 4 is 5.78 Å². The minimum atomic E-state index is -0.593. The van der Waals surface area contributed by atoms with E-state index in [1.165, 1.54) is 6.92 Å². The van der Waals surface area contributed by atoms with Crippen LogP contribution >= 0.6 is 0 Å². The summed E-state index contributed by atoms with van der Waals surface area (Å²) in [7, 11) is 0. The van der Waals surface area contributed by atoms with Gasteiger partial charge in [0.2, 0.25) is 0 Å². The largest absolute Gasteiger partial charge is 0.298 e. The number of halogens is 1. The van der Waals surface area contributed by atoms with Gasteiger partial charge in [-0.1, -0.05) is 24.3 Å². The molecule has 0 aromatic heterocycles. The van der Waals surface area contributed by atoms with Gasteiger partial charge in [0.1, 0.15) is 11.8 Å². The summed E-state index contributed by atoms with van der Waals surface area (Å²) >= 11 is 0. The lowest BCUT2D eigenvalue weighted by Gasteiger charge is -2.28. The van der Waals surface area contributed by atoms with Crippen LogP contribution in [0.1, 0.15) is 18.1 Å². The Morgan fingerprint density at radius 3 is 2.71 bits per heavy atom. The quantitative estimate of drug-likeness (QED) is 0.635. The first-order valence-electron chi connectivity index (χ1n) is 4.68. The summed E-state index contributed by atoms with van der Waals surface area (Å²) in [5.41, 5.74) is 2.06. The van der Waals surface area contributed by atoms with Crippen LogP contribution in [0.4, 0.5) is 4.48 Å². The predicted molar refractivity (Wildman–Crippen MR) is 51.3 cm³/mol. The number of carbonyl (C=O) groups is 1. The molecule has 0 amide bonds. The molecule has 14 heavy (non-hydrogen) atoms. The Morgan fingerprint density at radius 1 is 1.43 bits per heavy atom. The number of carbonyl (C=O) groups excluding carboxylic acids is 1. The molecule has 1 aliphatic rings. The van der Waals surface area contributed by atoms with Crippen LogP contribution in [-0.2, 0) is 17.8 Å². The van der Waals surface area contributed by atoms with E-state index in [2.05, 4.69) is 0 Å². The summed E-state index contributed by atoms with van der Waals surface area (Å²) in [4.78, 5) is 11.1. The van der Waals surface area contributed by atoms with E-state index in [4.69, 9.17) is 0 Å². The van der Waals surface area contributed by atoms with Crippen molar-refractivity contribution in [3.63, 3.8) is 0 Å². The first-order chi connectivity index (χ1) is 6.68. The summed E-state index contributed by atoms with van der Waals surface area (Å²) < 4.78 is 13.4. The number of hydrogen-bond donors (Lipinski definition) is 0. The minimum absolute atomic E-state index is 0.109. The van der Waals surface area contributed by atoms with E-state index >= 15 is 0 Å². The molecule has 1 aliphatic heterocycles. The van der Waals surface area contributed by atoms with Gasteiger partial charge in [-0.3, -0.25) is 4.79 Å². The predicted octanol–water partition coefficient (Wildman–Crippen LogP) is 1.89. The highest BCUT2D eigenvalue weighted by Gasteiger charge is 2.28. The Morgan fingerprint density at radius 2 is 2.07 bits per heavy atom. The average Bonchev–Trinajstić information content (AvgIpc) is 2.16. The van der Waals surface area contributed by atoms with Crippen molar-refractivity contribution in [2.45, 2.75) is 25.9 Å². The normalized spacial score (nSPS) is 21.7. The van der Waals surface area contributed by atoms with Crippen LogP contribution in [0.3, 0.4) is 0 Å². The smallest absolute Gasteiger partial charge is 0.149 e. The number of ketones is 1. The molecule has 0 saturated carbocycles. The third-order valence-electron chi connectivity index (χ3n) is 2.66. The first-order valence-corrected chi connectivity index (χ1v) is 4.68. The lowest BCUT2D eigenvalue weighted by atomic mass is 9.94. The lowest BCUT2D eigenvalue weighted by Crippen LogP contribution is -2.39. The summed E-state index contributed by atoms with van der Waals surface area (Å²) in [6.45, 7) is 1.66. The van der Waals surface area contributed by atoms with Gasteiger partial charge in [-0.2, -0.15) is 0 Å². The third kappa shape index (κ3) is 1.55. The van der Waals surface area contributed by atoms with E-state index in [-0.39, 0.29) is 12.3 Å². The van der Waals surface area contributed by atoms with Crippen LogP contribution in [0.2, 0.25) is 0 Å². The number of hydrogen-bond acceptors (Lipinski definition) is 2. The van der Waals surface area contributed by atoms with Crippen LogP contribution in [0.25, 0.3) is 0 Å². The molecule has 1 aromatic rings. The fraction of sp³-hybridized carbons (Fsp3) is 0.364. The van der Waals surface area contributed by atoms with Crippen LogP contribution in [0, 0.1) is 0 Å². The molecule has 1 atom stereocenters. The summed E-state index contributed by atoms with van der Waals surface area (Å²) in [5.74, 6) is -0.109. The minimum Gasteiger partial charge on any atom is -0.298 e. The molecule has 0 radical (unpaired) electrons. The maximum Gasteiger partial charge on any atom is 0.149 e. The Labute approximate surface area is 82.3 Å². The molecule has 2 rings (SSSR count). The molecular weight excluding hydrogens is 181 g/mol. The maximum atomic E-state index is 13.4. The van der Waals surface area contributed by atoms with Gasteiger partial charge in [0.05, 0.1) is 6.54 Å². The molecule has 0 fully saturated rings. The van der Waals surface area contributed by atoms with Gasteiger partial charge in [0.25, 0.3) is 0 Å². The van der Waals surface area contributed by atoms with Crippen molar-refractivity contribution in [1.82, 2.24) is 5.12 Å². The van der Waals surface area contributed by atoms with E-state index in [1.54, 1.807) is 0 Å². The Hall–Kier alpha value is -1.22. The molecular formula is C11H12FNO. The summed E-state index contributed by atoms with van der Waals surface area (Å²) in [6, 6.07) is 7.08. The molecule has 0 aliphatic carbocycles. The molecule has 1 unspecified atom stereocenters. The van der Waals surface area contributed by atoms with E-state index in [9.17, 15) is 9.28 Å². The van der Waals surface area contributed by atoms with Crippen molar-refractivity contribution in [1.29, 1.82) is 0 Å². The number of fused-ring (bicyclic) bond motifs is 1. The van der Waals surface area contributed by atoms with Crippen LogP contribution in [0.15, 0.2) is 24.3 Å². The van der Waals surface area contributed by atoms with Crippen LogP contribution in [0.5, 0.6) is 0 Å². The highest BCUT2D eigenvalue weighted by molar-refractivity contribution is 5.81. The van der Waals surface area contributed by atoms with Crippen molar-refractivity contribution in [3.8, 4) is 0 Å². The average molecular weight is 193 g/mol. The Bertz CT molecular complexity index is 364. The van der Waals surface area contributed by atoms with Gasteiger partial charge in [-0.25, -0.2) is 0 Å². The number of Topliss-reactive ketones (excluding diaryl/α,β-unsaturated/α-hetero) is 1. The molecule has 2 nitrogen and oxygen atoms in total. The third-order valence-corrected chi connectivity index (χ3v) is 2.66. The molecule has 0 bridgehead atoms. The van der Waals surface area contributed by atoms with Crippen LogP contribution in [-0.4, -0.2) is 16.9 Å². The first kappa shape index (κ1) is 9.34. The zero-order valence-electron chi connectivity index (χ0n) is 8.03. The SMILES string of the molecule is CC(=O)C1Cc2ccccc2CN1F. The summed E-state index contributed by atoms with van der Waals surface area (Å²) in [5, 5.41) is 0.630. The number of rotatable bonds is 1. The number of nitrogens with zero attached hydrogens (tertiary/aromatic N) is 1. The van der Waals surface area contributed by atoms with Crippen molar-refractivity contribution in [3.05, 3.63) is 35.4 Å². The summed E-state index contributed by atoms with van der Waals surface area (Å²) in [6.07, 6.45) is 0.488. The highest BCUT2D eigenvalue weighted by Crippen LogP contribution is 2.23. The van der Waals surface area contributed by atoms with Gasteiger partial charge in [-0.05, 0) is 24.5 Å². The van der Waals surface area contributed by atoms with Gasteiger partial charge < -0.3 is 0 Å². The van der Waals surface area contributed by atoms with E-state index in [0.717, 1.165) is 11.1 Å². The molecule has 3 heteroatoms. The fourth-order valence-electron chi connectivity index (χ4n) is 1.83. The number of benzene rings is 1.